The first kappa shape index (κ1) is 10.3. The standard InChI is InChI=1S/C9H9ClO2S/c1-2-4-8-5-3-6-9(7-8)13(10,11)12/h2-7H,1H3/b4-2+. The summed E-state index contributed by atoms with van der Waals surface area (Å²) < 4.78 is 21.9. The lowest BCUT2D eigenvalue weighted by molar-refractivity contribution is 0.609. The van der Waals surface area contributed by atoms with Gasteiger partial charge in [-0.15, -0.1) is 0 Å². The summed E-state index contributed by atoms with van der Waals surface area (Å²) in [7, 11) is 1.57. The molecule has 0 fully saturated rings. The van der Waals surface area contributed by atoms with Crippen molar-refractivity contribution in [3.8, 4) is 0 Å². The van der Waals surface area contributed by atoms with Gasteiger partial charge in [-0.3, -0.25) is 0 Å². The van der Waals surface area contributed by atoms with Gasteiger partial charge in [0.2, 0.25) is 0 Å². The second-order valence-corrected chi connectivity index (χ2v) is 5.08. The topological polar surface area (TPSA) is 34.1 Å². The lowest BCUT2D eigenvalue weighted by Crippen LogP contribution is -1.89. The summed E-state index contributed by atoms with van der Waals surface area (Å²) in [6.07, 6.45) is 3.64. The molecule has 0 aliphatic rings. The molecule has 0 aromatic heterocycles. The first-order valence-electron chi connectivity index (χ1n) is 3.71. The fraction of sp³-hybridized carbons (Fsp3) is 0.111. The molecule has 70 valence electrons. The molecular formula is C9H9ClO2S. The Labute approximate surface area is 82.3 Å². The molecule has 4 heteroatoms. The minimum absolute atomic E-state index is 0.129. The van der Waals surface area contributed by atoms with Gasteiger partial charge in [0.15, 0.2) is 0 Å². The Kier molecular flexibility index (Phi) is 3.12. The largest absolute Gasteiger partial charge is 0.261 e. The molecule has 0 saturated heterocycles. The van der Waals surface area contributed by atoms with E-state index in [0.29, 0.717) is 0 Å². The zero-order valence-electron chi connectivity index (χ0n) is 7.07. The Bertz CT molecular complexity index is 421. The van der Waals surface area contributed by atoms with Crippen LogP contribution in [0.15, 0.2) is 35.2 Å². The number of halogens is 1. The first-order chi connectivity index (χ1) is 6.04. The monoisotopic (exact) mass is 216 g/mol. The Hall–Kier alpha value is -0.800. The lowest BCUT2D eigenvalue weighted by atomic mass is 10.2. The van der Waals surface area contributed by atoms with Crippen LogP contribution in [0.1, 0.15) is 12.5 Å². The number of rotatable bonds is 2. The van der Waals surface area contributed by atoms with Gasteiger partial charge in [0.1, 0.15) is 0 Å². The highest BCUT2D eigenvalue weighted by Gasteiger charge is 2.08. The van der Waals surface area contributed by atoms with Gasteiger partial charge >= 0.3 is 0 Å². The van der Waals surface area contributed by atoms with E-state index in [0.717, 1.165) is 5.56 Å². The third-order valence-corrected chi connectivity index (χ3v) is 2.85. The van der Waals surface area contributed by atoms with Gasteiger partial charge in [0, 0.05) is 10.7 Å². The van der Waals surface area contributed by atoms with Crippen LogP contribution >= 0.6 is 10.7 Å². The Balaban J connectivity index is 3.21. The Morgan fingerprint density at radius 2 is 2.08 bits per heavy atom. The normalized spacial score (nSPS) is 12.2. The SMILES string of the molecule is C/C=C/c1cccc(S(=O)(=O)Cl)c1. The molecule has 0 aliphatic heterocycles. The average molecular weight is 217 g/mol. The molecule has 0 radical (unpaired) electrons. The highest BCUT2D eigenvalue weighted by atomic mass is 35.7. The van der Waals surface area contributed by atoms with Crippen molar-refractivity contribution in [1.82, 2.24) is 0 Å². The summed E-state index contributed by atoms with van der Waals surface area (Å²) in [5, 5.41) is 0. The molecule has 0 spiro atoms. The quantitative estimate of drug-likeness (QED) is 0.713. The van der Waals surface area contributed by atoms with E-state index >= 15 is 0 Å². The van der Waals surface area contributed by atoms with Crippen LogP contribution in [0, 0.1) is 0 Å². The second kappa shape index (κ2) is 3.94. The van der Waals surface area contributed by atoms with Crippen LogP contribution in [-0.4, -0.2) is 8.42 Å². The Morgan fingerprint density at radius 1 is 1.38 bits per heavy atom. The molecule has 2 nitrogen and oxygen atoms in total. The van der Waals surface area contributed by atoms with Gasteiger partial charge < -0.3 is 0 Å². The summed E-state index contributed by atoms with van der Waals surface area (Å²) in [5.74, 6) is 0. The summed E-state index contributed by atoms with van der Waals surface area (Å²) in [6.45, 7) is 1.86. The highest BCUT2D eigenvalue weighted by Crippen LogP contribution is 2.16. The van der Waals surface area contributed by atoms with Gasteiger partial charge in [0.05, 0.1) is 4.90 Å². The van der Waals surface area contributed by atoms with E-state index in [1.807, 2.05) is 25.1 Å². The van der Waals surface area contributed by atoms with Crippen molar-refractivity contribution in [2.75, 3.05) is 0 Å². The molecule has 0 bridgehead atoms. The minimum atomic E-state index is -3.61. The number of benzene rings is 1. The third kappa shape index (κ3) is 2.86. The van der Waals surface area contributed by atoms with E-state index in [1.165, 1.54) is 12.1 Å². The van der Waals surface area contributed by atoms with Crippen LogP contribution in [0.4, 0.5) is 0 Å². The molecule has 0 amide bonds. The van der Waals surface area contributed by atoms with E-state index in [4.69, 9.17) is 10.7 Å². The molecule has 0 unspecified atom stereocenters. The van der Waals surface area contributed by atoms with Gasteiger partial charge in [-0.1, -0.05) is 24.3 Å². The van der Waals surface area contributed by atoms with E-state index in [-0.39, 0.29) is 4.90 Å². The van der Waals surface area contributed by atoms with Gasteiger partial charge in [-0.05, 0) is 24.6 Å². The van der Waals surface area contributed by atoms with Gasteiger partial charge in [-0.2, -0.15) is 0 Å². The molecule has 1 aromatic carbocycles. The molecule has 0 saturated carbocycles. The van der Waals surface area contributed by atoms with E-state index in [2.05, 4.69) is 0 Å². The predicted molar refractivity (Wildman–Crippen MR) is 54.2 cm³/mol. The fourth-order valence-corrected chi connectivity index (χ4v) is 1.77. The van der Waals surface area contributed by atoms with Crippen molar-refractivity contribution in [2.24, 2.45) is 0 Å². The molecule has 0 heterocycles. The molecule has 0 atom stereocenters. The van der Waals surface area contributed by atoms with Crippen LogP contribution in [-0.2, 0) is 9.05 Å². The van der Waals surface area contributed by atoms with Crippen LogP contribution < -0.4 is 0 Å². The third-order valence-electron chi connectivity index (χ3n) is 1.50. The maximum atomic E-state index is 10.9. The summed E-state index contributed by atoms with van der Waals surface area (Å²) in [4.78, 5) is 0.129. The van der Waals surface area contributed by atoms with Crippen molar-refractivity contribution >= 4 is 25.8 Å². The minimum Gasteiger partial charge on any atom is -0.207 e. The predicted octanol–water partition coefficient (Wildman–Crippen LogP) is 2.65. The molecule has 0 aliphatic carbocycles. The number of hydrogen-bond donors (Lipinski definition) is 0. The smallest absolute Gasteiger partial charge is 0.207 e. The fourth-order valence-electron chi connectivity index (χ4n) is 0.962. The van der Waals surface area contributed by atoms with E-state index in [9.17, 15) is 8.42 Å². The summed E-state index contributed by atoms with van der Waals surface area (Å²) >= 11 is 0. The van der Waals surface area contributed by atoms with Crippen LogP contribution in [0.2, 0.25) is 0 Å². The first-order valence-corrected chi connectivity index (χ1v) is 6.02. The van der Waals surface area contributed by atoms with Crippen molar-refractivity contribution in [3.63, 3.8) is 0 Å². The van der Waals surface area contributed by atoms with E-state index < -0.39 is 9.05 Å². The number of hydrogen-bond acceptors (Lipinski definition) is 2. The van der Waals surface area contributed by atoms with E-state index in [1.54, 1.807) is 6.07 Å². The van der Waals surface area contributed by atoms with Crippen LogP contribution in [0.25, 0.3) is 6.08 Å². The zero-order chi connectivity index (χ0) is 9.90. The van der Waals surface area contributed by atoms with Gasteiger partial charge in [-0.25, -0.2) is 8.42 Å². The lowest BCUT2D eigenvalue weighted by Gasteiger charge is -1.97. The van der Waals surface area contributed by atoms with Gasteiger partial charge in [0.25, 0.3) is 9.05 Å². The van der Waals surface area contributed by atoms with Crippen molar-refractivity contribution in [3.05, 3.63) is 35.9 Å². The van der Waals surface area contributed by atoms with Crippen LogP contribution in [0.3, 0.4) is 0 Å². The Morgan fingerprint density at radius 3 is 2.62 bits per heavy atom. The zero-order valence-corrected chi connectivity index (χ0v) is 8.64. The van der Waals surface area contributed by atoms with Crippen LogP contribution in [0.5, 0.6) is 0 Å². The second-order valence-electron chi connectivity index (χ2n) is 2.51. The summed E-state index contributed by atoms with van der Waals surface area (Å²) in [6, 6.07) is 6.47. The highest BCUT2D eigenvalue weighted by molar-refractivity contribution is 8.13. The average Bonchev–Trinajstić information content (AvgIpc) is 2.04. The maximum absolute atomic E-state index is 10.9. The molecular weight excluding hydrogens is 208 g/mol. The number of allylic oxidation sites excluding steroid dienone is 1. The van der Waals surface area contributed by atoms with Crippen molar-refractivity contribution in [1.29, 1.82) is 0 Å². The maximum Gasteiger partial charge on any atom is 0.261 e. The molecule has 1 aromatic rings. The molecule has 13 heavy (non-hydrogen) atoms. The summed E-state index contributed by atoms with van der Waals surface area (Å²) in [5.41, 5.74) is 0.823. The van der Waals surface area contributed by atoms with Crippen molar-refractivity contribution in [2.45, 2.75) is 11.8 Å². The molecule has 0 N–H and O–H groups in total. The van der Waals surface area contributed by atoms with Crippen molar-refractivity contribution < 1.29 is 8.42 Å². The molecule has 1 rings (SSSR count).